The van der Waals surface area contributed by atoms with Crippen LogP contribution in [0.3, 0.4) is 0 Å². The molecule has 0 fully saturated rings. The summed E-state index contributed by atoms with van der Waals surface area (Å²) in [4.78, 5) is 24.7. The van der Waals surface area contributed by atoms with E-state index in [-0.39, 0.29) is 18.5 Å². The van der Waals surface area contributed by atoms with Crippen molar-refractivity contribution in [3.05, 3.63) is 24.3 Å². The molecule has 91 heavy (non-hydrogen) atoms. The molecule has 0 aliphatic heterocycles. The quantitative estimate of drug-likeness (QED) is 0.0320. The third-order valence-corrected chi connectivity index (χ3v) is 20.0. The van der Waals surface area contributed by atoms with Crippen molar-refractivity contribution >= 4 is 11.9 Å². The van der Waals surface area contributed by atoms with Gasteiger partial charge in [-0.3, -0.25) is 9.59 Å². The number of aliphatic hydroxyl groups is 2. The Hall–Kier alpha value is -1.66. The summed E-state index contributed by atoms with van der Waals surface area (Å²) in [5.41, 5.74) is 0. The second-order valence-corrected chi connectivity index (χ2v) is 29.2. The number of esters is 1. The number of hydrogen-bond donors (Lipinski definition) is 3. The predicted molar refractivity (Wildman–Crippen MR) is 403 cm³/mol. The summed E-state index contributed by atoms with van der Waals surface area (Å²) in [6.45, 7) is 4.99. The zero-order valence-electron chi connectivity index (χ0n) is 62.1. The monoisotopic (exact) mass is 1280 g/mol. The smallest absolute Gasteiger partial charge is 0.305 e. The molecular formula is C85H165NO5. The van der Waals surface area contributed by atoms with Crippen LogP contribution < -0.4 is 5.32 Å². The van der Waals surface area contributed by atoms with Crippen molar-refractivity contribution in [2.75, 3.05) is 13.2 Å². The van der Waals surface area contributed by atoms with Crippen molar-refractivity contribution in [3.8, 4) is 0 Å². The van der Waals surface area contributed by atoms with Crippen molar-refractivity contribution in [1.29, 1.82) is 0 Å². The van der Waals surface area contributed by atoms with Gasteiger partial charge in [-0.2, -0.15) is 0 Å². The van der Waals surface area contributed by atoms with E-state index >= 15 is 0 Å². The molecule has 0 spiro atoms. The Morgan fingerprint density at radius 2 is 0.549 bits per heavy atom. The second-order valence-electron chi connectivity index (χ2n) is 29.2. The highest BCUT2D eigenvalue weighted by molar-refractivity contribution is 5.76. The Labute approximate surface area is 571 Å². The van der Waals surface area contributed by atoms with Gasteiger partial charge in [-0.1, -0.05) is 436 Å². The molecule has 0 aliphatic rings. The van der Waals surface area contributed by atoms with Crippen LogP contribution >= 0.6 is 0 Å². The van der Waals surface area contributed by atoms with Crippen LogP contribution in [0.4, 0.5) is 0 Å². The fraction of sp³-hybridized carbons (Fsp3) is 0.929. The van der Waals surface area contributed by atoms with Gasteiger partial charge in [-0.25, -0.2) is 0 Å². The molecule has 6 nitrogen and oxygen atoms in total. The van der Waals surface area contributed by atoms with Gasteiger partial charge in [0.15, 0.2) is 0 Å². The first-order chi connectivity index (χ1) is 45.0. The van der Waals surface area contributed by atoms with Crippen molar-refractivity contribution in [2.24, 2.45) is 0 Å². The third kappa shape index (κ3) is 77.2. The number of hydrogen-bond acceptors (Lipinski definition) is 5. The molecule has 2 atom stereocenters. The number of carbonyl (C=O) groups is 2. The van der Waals surface area contributed by atoms with E-state index in [1.807, 2.05) is 0 Å². The van der Waals surface area contributed by atoms with Crippen molar-refractivity contribution < 1.29 is 24.5 Å². The van der Waals surface area contributed by atoms with Crippen LogP contribution in [-0.2, 0) is 14.3 Å². The molecule has 0 aliphatic carbocycles. The molecule has 0 radical (unpaired) electrons. The second kappa shape index (κ2) is 80.8. The minimum atomic E-state index is -0.662. The molecule has 0 bridgehead atoms. The topological polar surface area (TPSA) is 95.9 Å². The van der Waals surface area contributed by atoms with Crippen LogP contribution in [0.25, 0.3) is 0 Å². The van der Waals surface area contributed by atoms with Gasteiger partial charge in [-0.15, -0.1) is 0 Å². The van der Waals surface area contributed by atoms with E-state index < -0.39 is 12.1 Å². The molecular weight excluding hydrogens is 1110 g/mol. The Balaban J connectivity index is 3.32. The average Bonchev–Trinajstić information content (AvgIpc) is 3.75. The van der Waals surface area contributed by atoms with Crippen LogP contribution in [-0.4, -0.2) is 47.4 Å². The number of amides is 1. The van der Waals surface area contributed by atoms with Gasteiger partial charge in [-0.05, 0) is 57.8 Å². The minimum absolute atomic E-state index is 0.0102. The first kappa shape index (κ1) is 89.3. The lowest BCUT2D eigenvalue weighted by molar-refractivity contribution is -0.143. The standard InChI is InChI=1S/C85H165NO5/c1-3-5-7-9-11-13-15-17-19-21-22-23-37-40-43-46-49-53-57-61-65-69-73-77-83(88)82(81-87)86-84(89)78-74-70-66-62-58-54-50-47-44-41-38-35-33-31-29-27-25-24-26-28-30-32-34-36-39-42-45-48-52-56-60-64-68-72-76-80-91-85(90)79-75-71-67-63-59-55-51-20-18-16-14-12-10-8-6-4-2/h14,16,20,51,82-83,87-88H,3-13,15,17-19,21-50,52-81H2,1-2H3,(H,86,89)/b16-14-,51-20-. The maximum absolute atomic E-state index is 12.6. The molecule has 0 aromatic heterocycles. The Kier molecular flexibility index (Phi) is 79.3. The Bertz CT molecular complexity index is 1430. The summed E-state index contributed by atoms with van der Waals surface area (Å²) >= 11 is 0. The van der Waals surface area contributed by atoms with E-state index in [1.165, 1.54) is 398 Å². The number of ether oxygens (including phenoxy) is 1. The van der Waals surface area contributed by atoms with E-state index in [1.54, 1.807) is 0 Å². The fourth-order valence-electron chi connectivity index (χ4n) is 13.6. The Morgan fingerprint density at radius 3 is 0.846 bits per heavy atom. The fourth-order valence-corrected chi connectivity index (χ4v) is 13.6. The van der Waals surface area contributed by atoms with Gasteiger partial charge in [0, 0.05) is 12.8 Å². The summed E-state index contributed by atoms with van der Waals surface area (Å²) in [7, 11) is 0. The number of rotatable bonds is 80. The summed E-state index contributed by atoms with van der Waals surface area (Å²) in [5, 5.41) is 23.5. The summed E-state index contributed by atoms with van der Waals surface area (Å²) in [6, 6.07) is -0.538. The van der Waals surface area contributed by atoms with Gasteiger partial charge in [0.2, 0.25) is 5.91 Å². The summed E-state index contributed by atoms with van der Waals surface area (Å²) in [5.74, 6) is -0.0135. The molecule has 0 saturated heterocycles. The van der Waals surface area contributed by atoms with E-state index in [9.17, 15) is 19.8 Å². The zero-order valence-corrected chi connectivity index (χ0v) is 62.1. The molecule has 2 unspecified atom stereocenters. The first-order valence-corrected chi connectivity index (χ1v) is 42.1. The number of allylic oxidation sites excluding steroid dienone is 4. The highest BCUT2D eigenvalue weighted by Crippen LogP contribution is 2.21. The summed E-state index contributed by atoms with van der Waals surface area (Å²) < 4.78 is 5.50. The average molecular weight is 1280 g/mol. The maximum atomic E-state index is 12.6. The molecule has 540 valence electrons. The van der Waals surface area contributed by atoms with Crippen LogP contribution in [0.2, 0.25) is 0 Å². The normalized spacial score (nSPS) is 12.5. The van der Waals surface area contributed by atoms with Gasteiger partial charge >= 0.3 is 5.97 Å². The highest BCUT2D eigenvalue weighted by atomic mass is 16.5. The number of nitrogens with one attached hydrogen (secondary N) is 1. The lowest BCUT2D eigenvalue weighted by Crippen LogP contribution is -2.45. The largest absolute Gasteiger partial charge is 0.466 e. The number of aliphatic hydroxyl groups excluding tert-OH is 2. The first-order valence-electron chi connectivity index (χ1n) is 42.1. The van der Waals surface area contributed by atoms with Crippen molar-refractivity contribution in [1.82, 2.24) is 5.32 Å². The maximum Gasteiger partial charge on any atom is 0.305 e. The predicted octanol–water partition coefficient (Wildman–Crippen LogP) is 28.0. The molecule has 0 aromatic carbocycles. The van der Waals surface area contributed by atoms with Gasteiger partial charge in [0.1, 0.15) is 0 Å². The van der Waals surface area contributed by atoms with E-state index in [0.717, 1.165) is 51.4 Å². The molecule has 1 amide bonds. The lowest BCUT2D eigenvalue weighted by Gasteiger charge is -2.22. The lowest BCUT2D eigenvalue weighted by atomic mass is 10.0. The molecule has 3 N–H and O–H groups in total. The molecule has 0 rings (SSSR count). The van der Waals surface area contributed by atoms with Crippen LogP contribution in [0.5, 0.6) is 0 Å². The highest BCUT2D eigenvalue weighted by Gasteiger charge is 2.20. The van der Waals surface area contributed by atoms with Gasteiger partial charge in [0.05, 0.1) is 25.4 Å². The van der Waals surface area contributed by atoms with Gasteiger partial charge < -0.3 is 20.3 Å². The van der Waals surface area contributed by atoms with Gasteiger partial charge in [0.25, 0.3) is 0 Å². The van der Waals surface area contributed by atoms with Crippen LogP contribution in [0, 0.1) is 0 Å². The van der Waals surface area contributed by atoms with Crippen molar-refractivity contribution in [3.63, 3.8) is 0 Å². The van der Waals surface area contributed by atoms with Crippen LogP contribution in [0.1, 0.15) is 483 Å². The van der Waals surface area contributed by atoms with E-state index in [4.69, 9.17) is 4.74 Å². The van der Waals surface area contributed by atoms with Crippen LogP contribution in [0.15, 0.2) is 24.3 Å². The molecule has 6 heteroatoms. The van der Waals surface area contributed by atoms with E-state index in [2.05, 4.69) is 43.5 Å². The molecule has 0 aromatic rings. The SMILES string of the molecule is CCCCCC/C=C\C/C=C\CCCCCCCC(=O)OCCCCCCCCCCCCCCCCCCCCCCCCCCCCCCCCCCCCCC(=O)NC(CO)C(O)CCCCCCCCCCCCCCCCCCCCCCCCC. The minimum Gasteiger partial charge on any atom is -0.466 e. The van der Waals surface area contributed by atoms with Crippen molar-refractivity contribution in [2.45, 2.75) is 495 Å². The van der Waals surface area contributed by atoms with E-state index in [0.29, 0.717) is 25.9 Å². The molecule has 0 heterocycles. The third-order valence-electron chi connectivity index (χ3n) is 20.0. The number of carbonyl (C=O) groups excluding carboxylic acids is 2. The Morgan fingerprint density at radius 1 is 0.308 bits per heavy atom. The zero-order chi connectivity index (χ0) is 65.6. The molecule has 0 saturated carbocycles. The summed E-state index contributed by atoms with van der Waals surface area (Å²) in [6.07, 6.45) is 104. The number of unbranched alkanes of at least 4 members (excludes halogenated alkanes) is 65.